The lowest BCUT2D eigenvalue weighted by Crippen LogP contribution is -2.38. The molecule has 0 saturated carbocycles. The molecule has 1 aliphatic heterocycles. The van der Waals surface area contributed by atoms with Crippen molar-refractivity contribution in [1.29, 1.82) is 0 Å². The second-order valence-corrected chi connectivity index (χ2v) is 2.76. The first-order chi connectivity index (χ1) is 5.97. The van der Waals surface area contributed by atoms with Crippen LogP contribution in [0.1, 0.15) is 11.7 Å². The van der Waals surface area contributed by atoms with E-state index in [1.165, 1.54) is 0 Å². The minimum absolute atomic E-state index is 0.224. The number of piperazine rings is 1. The normalized spacial score (nSPS) is 23.8. The van der Waals surface area contributed by atoms with Gasteiger partial charge in [-0.25, -0.2) is 15.3 Å². The molecule has 4 heteroatoms. The van der Waals surface area contributed by atoms with Gasteiger partial charge in [0.25, 0.3) is 0 Å². The zero-order valence-corrected chi connectivity index (χ0v) is 6.77. The predicted molar refractivity (Wildman–Crippen MR) is 44.6 cm³/mol. The Labute approximate surface area is 71.4 Å². The monoisotopic (exact) mass is 163 g/mol. The van der Waals surface area contributed by atoms with Gasteiger partial charge in [-0.05, 0) is 6.07 Å². The average molecular weight is 163 g/mol. The summed E-state index contributed by atoms with van der Waals surface area (Å²) in [5, 5.41) is 7.73. The van der Waals surface area contributed by atoms with Gasteiger partial charge in [0, 0.05) is 25.8 Å². The van der Waals surface area contributed by atoms with Crippen molar-refractivity contribution in [2.24, 2.45) is 0 Å². The maximum absolute atomic E-state index is 4.45. The van der Waals surface area contributed by atoms with E-state index < -0.39 is 0 Å². The summed E-state index contributed by atoms with van der Waals surface area (Å²) in [7, 11) is 0. The van der Waals surface area contributed by atoms with Crippen molar-refractivity contribution >= 4 is 0 Å². The van der Waals surface area contributed by atoms with Gasteiger partial charge < -0.3 is 5.32 Å². The van der Waals surface area contributed by atoms with Gasteiger partial charge in [0.1, 0.15) is 6.33 Å². The Morgan fingerprint density at radius 2 is 2.50 bits per heavy atom. The highest BCUT2D eigenvalue weighted by atomic mass is 15.1. The minimum Gasteiger partial charge on any atom is -0.313 e. The van der Waals surface area contributed by atoms with Crippen molar-refractivity contribution < 1.29 is 0 Å². The van der Waals surface area contributed by atoms with Crippen LogP contribution < -0.4 is 10.6 Å². The third-order valence-electron chi connectivity index (χ3n) is 1.92. The molecule has 1 N–H and O–H groups in total. The van der Waals surface area contributed by atoms with Crippen LogP contribution in [0.2, 0.25) is 0 Å². The highest BCUT2D eigenvalue weighted by Gasteiger charge is 2.15. The summed E-state index contributed by atoms with van der Waals surface area (Å²) < 4.78 is 0. The zero-order valence-electron chi connectivity index (χ0n) is 6.77. The van der Waals surface area contributed by atoms with Crippen LogP contribution in [0.3, 0.4) is 0 Å². The summed E-state index contributed by atoms with van der Waals surface area (Å²) >= 11 is 0. The van der Waals surface area contributed by atoms with E-state index in [1.54, 1.807) is 12.5 Å². The third-order valence-corrected chi connectivity index (χ3v) is 1.92. The fourth-order valence-electron chi connectivity index (χ4n) is 1.30. The van der Waals surface area contributed by atoms with Crippen molar-refractivity contribution in [1.82, 2.24) is 20.6 Å². The number of nitrogens with zero attached hydrogens (tertiary/aromatic N) is 3. The van der Waals surface area contributed by atoms with Crippen LogP contribution >= 0.6 is 0 Å². The first-order valence-electron chi connectivity index (χ1n) is 4.10. The molecular weight excluding hydrogens is 152 g/mol. The van der Waals surface area contributed by atoms with Gasteiger partial charge in [-0.3, -0.25) is 0 Å². The lowest BCUT2D eigenvalue weighted by atomic mass is 10.1. The Balaban J connectivity index is 2.08. The number of aromatic nitrogens is 2. The summed E-state index contributed by atoms with van der Waals surface area (Å²) in [6.45, 7) is 2.77. The molecule has 1 saturated heterocycles. The highest BCUT2D eigenvalue weighted by molar-refractivity contribution is 5.06. The fourth-order valence-corrected chi connectivity index (χ4v) is 1.30. The van der Waals surface area contributed by atoms with Gasteiger partial charge in [-0.2, -0.15) is 0 Å². The smallest absolute Gasteiger partial charge is 0.115 e. The van der Waals surface area contributed by atoms with Gasteiger partial charge in [0.05, 0.1) is 11.7 Å². The molecule has 1 fully saturated rings. The van der Waals surface area contributed by atoms with E-state index in [2.05, 4.69) is 20.6 Å². The molecule has 63 valence electrons. The zero-order chi connectivity index (χ0) is 8.23. The lowest BCUT2D eigenvalue weighted by Gasteiger charge is -2.21. The van der Waals surface area contributed by atoms with Crippen molar-refractivity contribution in [3.63, 3.8) is 0 Å². The van der Waals surface area contributed by atoms with E-state index in [1.807, 2.05) is 6.07 Å². The Bertz CT molecular complexity index is 230. The summed E-state index contributed by atoms with van der Waals surface area (Å²) in [6.07, 6.45) is 3.33. The van der Waals surface area contributed by atoms with E-state index >= 15 is 0 Å². The Kier molecular flexibility index (Phi) is 2.29. The standard InChI is InChI=1S/C8H11N4/c1-2-10-6-12-7(1)8-5-9-3-4-11-8/h1-2,6,8-9H,3-5H2. The quantitative estimate of drug-likeness (QED) is 0.619. The van der Waals surface area contributed by atoms with Gasteiger partial charge >= 0.3 is 0 Å². The van der Waals surface area contributed by atoms with Gasteiger partial charge in [0.15, 0.2) is 0 Å². The predicted octanol–water partition coefficient (Wildman–Crippen LogP) is -0.275. The molecule has 1 aromatic heterocycles. The molecule has 1 aliphatic rings. The minimum atomic E-state index is 0.224. The molecule has 0 amide bonds. The van der Waals surface area contributed by atoms with Gasteiger partial charge in [0.2, 0.25) is 0 Å². The first-order valence-corrected chi connectivity index (χ1v) is 4.10. The van der Waals surface area contributed by atoms with Gasteiger partial charge in [-0.1, -0.05) is 0 Å². The number of rotatable bonds is 1. The maximum Gasteiger partial charge on any atom is 0.115 e. The van der Waals surface area contributed by atoms with Crippen LogP contribution in [0.5, 0.6) is 0 Å². The number of nitrogens with one attached hydrogen (secondary N) is 1. The van der Waals surface area contributed by atoms with Crippen molar-refractivity contribution in [3.8, 4) is 0 Å². The molecule has 1 atom stereocenters. The Morgan fingerprint density at radius 3 is 3.17 bits per heavy atom. The Hall–Kier alpha value is -1.00. The second kappa shape index (κ2) is 3.60. The molecule has 1 unspecified atom stereocenters. The molecule has 0 bridgehead atoms. The number of hydrogen-bond donors (Lipinski definition) is 1. The van der Waals surface area contributed by atoms with Crippen LogP contribution in [0.15, 0.2) is 18.6 Å². The average Bonchev–Trinajstić information content (AvgIpc) is 2.21. The highest BCUT2D eigenvalue weighted by Crippen LogP contribution is 2.09. The molecule has 12 heavy (non-hydrogen) atoms. The van der Waals surface area contributed by atoms with E-state index in [9.17, 15) is 0 Å². The van der Waals surface area contributed by atoms with Crippen LogP contribution in [0.25, 0.3) is 0 Å². The molecular formula is C8H11N4. The van der Waals surface area contributed by atoms with E-state index in [0.29, 0.717) is 0 Å². The third kappa shape index (κ3) is 1.60. The number of hydrogen-bond acceptors (Lipinski definition) is 3. The summed E-state index contributed by atoms with van der Waals surface area (Å²) in [5.74, 6) is 0. The molecule has 2 rings (SSSR count). The Morgan fingerprint density at radius 1 is 1.50 bits per heavy atom. The largest absolute Gasteiger partial charge is 0.313 e. The van der Waals surface area contributed by atoms with E-state index in [-0.39, 0.29) is 6.04 Å². The molecule has 0 aliphatic carbocycles. The maximum atomic E-state index is 4.45. The van der Waals surface area contributed by atoms with E-state index in [4.69, 9.17) is 0 Å². The molecule has 4 nitrogen and oxygen atoms in total. The summed E-state index contributed by atoms with van der Waals surface area (Å²) in [6, 6.07) is 2.14. The fraction of sp³-hybridized carbons (Fsp3) is 0.500. The van der Waals surface area contributed by atoms with Crippen LogP contribution in [-0.4, -0.2) is 29.6 Å². The molecule has 0 aromatic carbocycles. The van der Waals surface area contributed by atoms with Crippen molar-refractivity contribution in [3.05, 3.63) is 24.3 Å². The van der Waals surface area contributed by atoms with Crippen LogP contribution in [-0.2, 0) is 0 Å². The lowest BCUT2D eigenvalue weighted by molar-refractivity contribution is 0.414. The summed E-state index contributed by atoms with van der Waals surface area (Å²) in [4.78, 5) is 8.02. The topological polar surface area (TPSA) is 51.9 Å². The first kappa shape index (κ1) is 7.64. The van der Waals surface area contributed by atoms with Crippen LogP contribution in [0.4, 0.5) is 0 Å². The molecule has 1 radical (unpaired) electrons. The van der Waals surface area contributed by atoms with Crippen molar-refractivity contribution in [2.45, 2.75) is 6.04 Å². The molecule has 2 heterocycles. The molecule has 0 spiro atoms. The van der Waals surface area contributed by atoms with Gasteiger partial charge in [-0.15, -0.1) is 0 Å². The van der Waals surface area contributed by atoms with Crippen molar-refractivity contribution in [2.75, 3.05) is 19.6 Å². The van der Waals surface area contributed by atoms with E-state index in [0.717, 1.165) is 25.3 Å². The summed E-state index contributed by atoms with van der Waals surface area (Å²) in [5.41, 5.74) is 1.01. The van der Waals surface area contributed by atoms with Crippen LogP contribution in [0, 0.1) is 0 Å². The SMILES string of the molecule is c1cc(C2CNCC[N]2)ncn1. The second-order valence-electron chi connectivity index (χ2n) is 2.76. The molecule has 1 aromatic rings.